The Kier molecular flexibility index (Phi) is 3.59. The number of aromatic nitrogens is 3. The molecular weight excluding hydrogens is 200 g/mol. The van der Waals surface area contributed by atoms with Crippen LogP contribution in [0.25, 0.3) is 0 Å². The van der Waals surface area contributed by atoms with Gasteiger partial charge in [-0.1, -0.05) is 19.3 Å². The van der Waals surface area contributed by atoms with Gasteiger partial charge in [0.15, 0.2) is 5.82 Å². The Labute approximate surface area is 97.2 Å². The summed E-state index contributed by atoms with van der Waals surface area (Å²) in [5, 5.41) is 4.54. The van der Waals surface area contributed by atoms with Crippen molar-refractivity contribution in [3.05, 3.63) is 11.6 Å². The van der Waals surface area contributed by atoms with E-state index in [9.17, 15) is 0 Å². The summed E-state index contributed by atoms with van der Waals surface area (Å²) >= 11 is 0. The van der Waals surface area contributed by atoms with Gasteiger partial charge in [0.25, 0.3) is 0 Å². The number of hydrogen-bond donors (Lipinski definition) is 1. The SMILES string of the molecule is CC(N)Cc1nc(C2CCCCC2)nn1C. The zero-order valence-electron chi connectivity index (χ0n) is 10.3. The van der Waals surface area contributed by atoms with E-state index in [0.717, 1.165) is 18.1 Å². The summed E-state index contributed by atoms with van der Waals surface area (Å²) in [5.74, 6) is 2.65. The van der Waals surface area contributed by atoms with E-state index in [4.69, 9.17) is 5.73 Å². The molecule has 1 saturated carbocycles. The summed E-state index contributed by atoms with van der Waals surface area (Å²) in [4.78, 5) is 4.65. The minimum absolute atomic E-state index is 0.155. The monoisotopic (exact) mass is 222 g/mol. The highest BCUT2D eigenvalue weighted by Gasteiger charge is 2.20. The molecule has 16 heavy (non-hydrogen) atoms. The Bertz CT molecular complexity index is 337. The molecule has 0 radical (unpaired) electrons. The second-order valence-electron chi connectivity index (χ2n) is 5.03. The second-order valence-corrected chi connectivity index (χ2v) is 5.03. The quantitative estimate of drug-likeness (QED) is 0.847. The van der Waals surface area contributed by atoms with Crippen LogP contribution in [0.2, 0.25) is 0 Å². The predicted molar refractivity (Wildman–Crippen MR) is 64.2 cm³/mol. The van der Waals surface area contributed by atoms with Crippen LogP contribution < -0.4 is 5.73 Å². The second kappa shape index (κ2) is 4.95. The molecule has 1 unspecified atom stereocenters. The van der Waals surface area contributed by atoms with Crippen LogP contribution in [0.5, 0.6) is 0 Å². The van der Waals surface area contributed by atoms with Gasteiger partial charge in [0.1, 0.15) is 5.82 Å². The molecule has 90 valence electrons. The summed E-state index contributed by atoms with van der Waals surface area (Å²) in [6, 6.07) is 0.155. The van der Waals surface area contributed by atoms with Crippen molar-refractivity contribution in [1.29, 1.82) is 0 Å². The van der Waals surface area contributed by atoms with Crippen molar-refractivity contribution in [1.82, 2.24) is 14.8 Å². The van der Waals surface area contributed by atoms with Gasteiger partial charge in [-0.15, -0.1) is 0 Å². The fourth-order valence-corrected chi connectivity index (χ4v) is 2.44. The predicted octanol–water partition coefficient (Wildman–Crippen LogP) is 1.75. The van der Waals surface area contributed by atoms with Gasteiger partial charge in [-0.3, -0.25) is 4.68 Å². The van der Waals surface area contributed by atoms with Crippen molar-refractivity contribution >= 4 is 0 Å². The maximum atomic E-state index is 5.80. The minimum Gasteiger partial charge on any atom is -0.328 e. The first-order valence-electron chi connectivity index (χ1n) is 6.32. The maximum Gasteiger partial charge on any atom is 0.154 e. The Hall–Kier alpha value is -0.900. The molecule has 1 heterocycles. The molecule has 1 aliphatic carbocycles. The smallest absolute Gasteiger partial charge is 0.154 e. The van der Waals surface area contributed by atoms with Crippen LogP contribution in [0, 0.1) is 0 Å². The lowest BCUT2D eigenvalue weighted by Crippen LogP contribution is -2.20. The standard InChI is InChI=1S/C12H22N4/c1-9(13)8-11-14-12(15-16(11)2)10-6-4-3-5-7-10/h9-10H,3-8,13H2,1-2H3. The summed E-state index contributed by atoms with van der Waals surface area (Å²) in [6.07, 6.45) is 7.34. The van der Waals surface area contributed by atoms with Crippen molar-refractivity contribution in [3.8, 4) is 0 Å². The minimum atomic E-state index is 0.155. The van der Waals surface area contributed by atoms with Crippen LogP contribution in [-0.2, 0) is 13.5 Å². The molecule has 4 heteroatoms. The molecule has 1 aromatic rings. The number of hydrogen-bond acceptors (Lipinski definition) is 3. The van der Waals surface area contributed by atoms with Gasteiger partial charge in [-0.05, 0) is 19.8 Å². The van der Waals surface area contributed by atoms with E-state index < -0.39 is 0 Å². The lowest BCUT2D eigenvalue weighted by atomic mass is 9.89. The largest absolute Gasteiger partial charge is 0.328 e. The summed E-state index contributed by atoms with van der Waals surface area (Å²) < 4.78 is 1.90. The van der Waals surface area contributed by atoms with E-state index >= 15 is 0 Å². The lowest BCUT2D eigenvalue weighted by molar-refractivity contribution is 0.427. The molecule has 1 fully saturated rings. The van der Waals surface area contributed by atoms with Crippen LogP contribution >= 0.6 is 0 Å². The molecule has 0 spiro atoms. The average molecular weight is 222 g/mol. The highest BCUT2D eigenvalue weighted by molar-refractivity contribution is 5.01. The molecule has 1 aromatic heterocycles. The van der Waals surface area contributed by atoms with Crippen LogP contribution in [-0.4, -0.2) is 20.8 Å². The highest BCUT2D eigenvalue weighted by atomic mass is 15.3. The van der Waals surface area contributed by atoms with Crippen molar-refractivity contribution in [2.45, 2.75) is 57.4 Å². The van der Waals surface area contributed by atoms with Crippen molar-refractivity contribution in [2.75, 3.05) is 0 Å². The lowest BCUT2D eigenvalue weighted by Gasteiger charge is -2.18. The molecule has 0 bridgehead atoms. The normalized spacial score (nSPS) is 19.9. The first kappa shape index (κ1) is 11.6. The topological polar surface area (TPSA) is 56.7 Å². The van der Waals surface area contributed by atoms with Crippen LogP contribution in [0.4, 0.5) is 0 Å². The van der Waals surface area contributed by atoms with Gasteiger partial charge in [-0.2, -0.15) is 5.10 Å². The Balaban J connectivity index is 2.09. The van der Waals surface area contributed by atoms with Crippen molar-refractivity contribution in [2.24, 2.45) is 12.8 Å². The van der Waals surface area contributed by atoms with Crippen LogP contribution in [0.15, 0.2) is 0 Å². The average Bonchev–Trinajstić information content (AvgIpc) is 2.61. The van der Waals surface area contributed by atoms with Crippen LogP contribution in [0.1, 0.15) is 56.6 Å². The molecule has 4 nitrogen and oxygen atoms in total. The van der Waals surface area contributed by atoms with Gasteiger partial charge in [0.2, 0.25) is 0 Å². The summed E-state index contributed by atoms with van der Waals surface area (Å²) in [7, 11) is 1.97. The van der Waals surface area contributed by atoms with E-state index in [0.29, 0.717) is 5.92 Å². The Morgan fingerprint density at radius 3 is 2.69 bits per heavy atom. The Morgan fingerprint density at radius 1 is 1.38 bits per heavy atom. The van der Waals surface area contributed by atoms with Crippen LogP contribution in [0.3, 0.4) is 0 Å². The van der Waals surface area contributed by atoms with Gasteiger partial charge < -0.3 is 5.73 Å². The summed E-state index contributed by atoms with van der Waals surface area (Å²) in [6.45, 7) is 2.01. The molecule has 0 aliphatic heterocycles. The van der Waals surface area contributed by atoms with E-state index in [2.05, 4.69) is 10.1 Å². The molecular formula is C12H22N4. The first-order chi connectivity index (χ1) is 7.66. The highest BCUT2D eigenvalue weighted by Crippen LogP contribution is 2.30. The van der Waals surface area contributed by atoms with Crippen molar-refractivity contribution < 1.29 is 0 Å². The number of aryl methyl sites for hydroxylation is 1. The number of rotatable bonds is 3. The van der Waals surface area contributed by atoms with Gasteiger partial charge in [0, 0.05) is 25.4 Å². The summed E-state index contributed by atoms with van der Waals surface area (Å²) in [5.41, 5.74) is 5.80. The Morgan fingerprint density at radius 2 is 2.06 bits per heavy atom. The number of nitrogens with zero attached hydrogens (tertiary/aromatic N) is 3. The van der Waals surface area contributed by atoms with Gasteiger partial charge >= 0.3 is 0 Å². The van der Waals surface area contributed by atoms with E-state index in [1.807, 2.05) is 18.7 Å². The number of nitrogens with two attached hydrogens (primary N) is 1. The van der Waals surface area contributed by atoms with E-state index in [1.165, 1.54) is 32.1 Å². The van der Waals surface area contributed by atoms with E-state index in [-0.39, 0.29) is 6.04 Å². The third-order valence-corrected chi connectivity index (χ3v) is 3.34. The fourth-order valence-electron chi connectivity index (χ4n) is 2.44. The molecule has 0 amide bonds. The molecule has 0 aromatic carbocycles. The third kappa shape index (κ3) is 2.61. The molecule has 2 rings (SSSR count). The van der Waals surface area contributed by atoms with E-state index in [1.54, 1.807) is 0 Å². The van der Waals surface area contributed by atoms with Gasteiger partial charge in [-0.25, -0.2) is 4.98 Å². The molecule has 2 N–H and O–H groups in total. The zero-order valence-corrected chi connectivity index (χ0v) is 10.3. The third-order valence-electron chi connectivity index (χ3n) is 3.34. The van der Waals surface area contributed by atoms with Crippen molar-refractivity contribution in [3.63, 3.8) is 0 Å². The molecule has 0 saturated heterocycles. The molecule has 1 aliphatic rings. The van der Waals surface area contributed by atoms with Gasteiger partial charge in [0.05, 0.1) is 0 Å². The maximum absolute atomic E-state index is 5.80. The zero-order chi connectivity index (χ0) is 11.5. The first-order valence-corrected chi connectivity index (χ1v) is 6.32. The molecule has 1 atom stereocenters. The fraction of sp³-hybridized carbons (Fsp3) is 0.833.